The van der Waals surface area contributed by atoms with Crippen LogP contribution in [0.4, 0.5) is 0 Å². The molecule has 0 bridgehead atoms. The van der Waals surface area contributed by atoms with Crippen LogP contribution in [-0.4, -0.2) is 53.8 Å². The van der Waals surface area contributed by atoms with E-state index >= 15 is 0 Å². The molecule has 3 aliphatic heterocycles. The van der Waals surface area contributed by atoms with E-state index in [9.17, 15) is 14.4 Å². The van der Waals surface area contributed by atoms with Crippen LogP contribution in [0.3, 0.4) is 0 Å². The van der Waals surface area contributed by atoms with Crippen LogP contribution < -0.4 is 0 Å². The summed E-state index contributed by atoms with van der Waals surface area (Å²) in [5.41, 5.74) is -2.00. The van der Waals surface area contributed by atoms with Crippen LogP contribution in [0, 0.1) is 28.6 Å². The van der Waals surface area contributed by atoms with Gasteiger partial charge in [0, 0.05) is 29.6 Å². The molecule has 0 aromatic heterocycles. The van der Waals surface area contributed by atoms with E-state index in [0.29, 0.717) is 19.3 Å². The largest absolute Gasteiger partial charge is 0.469 e. The second-order valence-electron chi connectivity index (χ2n) is 11.7. The summed E-state index contributed by atoms with van der Waals surface area (Å²) in [4.78, 5) is 37.9. The van der Waals surface area contributed by atoms with Crippen molar-refractivity contribution in [1.29, 1.82) is 0 Å². The number of epoxide rings is 2. The SMILES string of the molecule is COC(=O)C1C[C@@]23O[C@@H]2C(=O)CC[C@]3(C)[C@@]23O[C@@H]2C[C@@]2(C)C(CCC24CCC(=O)O4)C13. The number of rotatable bonds is 1. The molecule has 3 heterocycles. The van der Waals surface area contributed by atoms with Crippen LogP contribution in [0.1, 0.15) is 65.2 Å². The van der Waals surface area contributed by atoms with Gasteiger partial charge in [0.2, 0.25) is 0 Å². The Morgan fingerprint density at radius 2 is 1.87 bits per heavy atom. The maximum Gasteiger partial charge on any atom is 0.309 e. The molecule has 3 saturated heterocycles. The van der Waals surface area contributed by atoms with Crippen LogP contribution in [0.2, 0.25) is 0 Å². The Labute approximate surface area is 181 Å². The van der Waals surface area contributed by atoms with Crippen LogP contribution in [0.25, 0.3) is 0 Å². The van der Waals surface area contributed by atoms with Crippen LogP contribution in [0.5, 0.6) is 0 Å². The fourth-order valence-electron chi connectivity index (χ4n) is 9.63. The van der Waals surface area contributed by atoms with Gasteiger partial charge in [-0.1, -0.05) is 13.8 Å². The van der Waals surface area contributed by atoms with E-state index in [1.165, 1.54) is 7.11 Å². The van der Waals surface area contributed by atoms with E-state index in [1.807, 2.05) is 0 Å². The molecule has 0 radical (unpaired) electrons. The normalized spacial score (nSPS) is 60.3. The molecule has 7 fully saturated rings. The Kier molecular flexibility index (Phi) is 3.19. The van der Waals surface area contributed by atoms with Crippen molar-refractivity contribution in [2.24, 2.45) is 28.6 Å². The fraction of sp³-hybridized carbons (Fsp3) is 0.875. The van der Waals surface area contributed by atoms with Gasteiger partial charge in [-0.25, -0.2) is 0 Å². The maximum atomic E-state index is 13.2. The topological polar surface area (TPSA) is 94.7 Å². The summed E-state index contributed by atoms with van der Waals surface area (Å²) in [7, 11) is 1.44. The second kappa shape index (κ2) is 5.19. The molecule has 7 rings (SSSR count). The van der Waals surface area contributed by atoms with Crippen molar-refractivity contribution in [3.05, 3.63) is 0 Å². The first-order chi connectivity index (χ1) is 14.7. The van der Waals surface area contributed by atoms with E-state index in [4.69, 9.17) is 18.9 Å². The monoisotopic (exact) mass is 430 g/mol. The zero-order valence-electron chi connectivity index (χ0n) is 18.4. The van der Waals surface area contributed by atoms with Gasteiger partial charge in [-0.05, 0) is 44.4 Å². The number of hydrogen-bond acceptors (Lipinski definition) is 7. The van der Waals surface area contributed by atoms with Crippen LogP contribution in [-0.2, 0) is 33.3 Å². The highest BCUT2D eigenvalue weighted by molar-refractivity contribution is 5.89. The van der Waals surface area contributed by atoms with Gasteiger partial charge in [-0.15, -0.1) is 0 Å². The van der Waals surface area contributed by atoms with Crippen molar-refractivity contribution < 1.29 is 33.3 Å². The van der Waals surface area contributed by atoms with Crippen molar-refractivity contribution in [3.63, 3.8) is 0 Å². The molecule has 4 unspecified atom stereocenters. The van der Waals surface area contributed by atoms with E-state index in [1.54, 1.807) is 0 Å². The van der Waals surface area contributed by atoms with Crippen LogP contribution in [0.15, 0.2) is 0 Å². The highest BCUT2D eigenvalue weighted by atomic mass is 16.6. The summed E-state index contributed by atoms with van der Waals surface area (Å²) in [5.74, 6) is -0.325. The first-order valence-corrected chi connectivity index (χ1v) is 11.9. The van der Waals surface area contributed by atoms with Crippen molar-refractivity contribution in [2.75, 3.05) is 7.11 Å². The highest BCUT2D eigenvalue weighted by Gasteiger charge is 2.91. The van der Waals surface area contributed by atoms with Crippen LogP contribution >= 0.6 is 0 Å². The third kappa shape index (κ3) is 1.77. The number of fused-ring (bicyclic) bond motifs is 3. The summed E-state index contributed by atoms with van der Waals surface area (Å²) < 4.78 is 24.2. The summed E-state index contributed by atoms with van der Waals surface area (Å²) in [6.45, 7) is 4.50. The number of ketones is 1. The molecule has 168 valence electrons. The third-order valence-electron chi connectivity index (χ3n) is 11.2. The van der Waals surface area contributed by atoms with Crippen molar-refractivity contribution in [1.82, 2.24) is 0 Å². The molecular weight excluding hydrogens is 400 g/mol. The number of Topliss-reactive ketones (excluding diaryl/α,β-unsaturated/α-hetero) is 1. The molecule has 7 heteroatoms. The van der Waals surface area contributed by atoms with E-state index in [0.717, 1.165) is 32.1 Å². The van der Waals surface area contributed by atoms with Gasteiger partial charge < -0.3 is 18.9 Å². The number of hydrogen-bond donors (Lipinski definition) is 0. The molecule has 0 amide bonds. The lowest BCUT2D eigenvalue weighted by atomic mass is 9.41. The lowest BCUT2D eigenvalue weighted by molar-refractivity contribution is -0.184. The minimum Gasteiger partial charge on any atom is -0.469 e. The standard InChI is InChI=1S/C24H30O7/c1-20-11-15-24(29-15)17(13(20)4-8-22(20)9-6-16(26)30-22)12(19(27)28-3)10-23-18(31-23)14(25)5-7-21(23,24)2/h12-13,15,17-18H,4-11H2,1-3H3/t12?,13?,15-,17?,18-,20+,21+,22?,23-,24-/m1/s1. The minimum atomic E-state index is -0.601. The molecule has 31 heavy (non-hydrogen) atoms. The summed E-state index contributed by atoms with van der Waals surface area (Å²) in [5, 5.41) is 0. The molecule has 7 nitrogen and oxygen atoms in total. The third-order valence-corrected chi connectivity index (χ3v) is 11.2. The van der Waals surface area contributed by atoms with Gasteiger partial charge in [-0.3, -0.25) is 14.4 Å². The molecule has 4 aliphatic carbocycles. The lowest BCUT2D eigenvalue weighted by Gasteiger charge is -2.59. The molecular formula is C24H30O7. The zero-order valence-corrected chi connectivity index (χ0v) is 18.4. The van der Waals surface area contributed by atoms with E-state index < -0.39 is 22.9 Å². The molecule has 3 spiro atoms. The average Bonchev–Trinajstić information content (AvgIpc) is 3.59. The second-order valence-corrected chi connectivity index (χ2v) is 11.7. The summed E-state index contributed by atoms with van der Waals surface area (Å²) in [6, 6.07) is 0. The molecule has 10 atom stereocenters. The lowest BCUT2D eigenvalue weighted by Crippen LogP contribution is -2.68. The predicted molar refractivity (Wildman–Crippen MR) is 105 cm³/mol. The Hall–Kier alpha value is -1.47. The molecule has 7 aliphatic rings. The van der Waals surface area contributed by atoms with Crippen molar-refractivity contribution in [3.8, 4) is 0 Å². The van der Waals surface area contributed by atoms with E-state index in [-0.39, 0.29) is 52.4 Å². The van der Waals surface area contributed by atoms with Gasteiger partial charge in [0.15, 0.2) is 5.78 Å². The summed E-state index contributed by atoms with van der Waals surface area (Å²) >= 11 is 0. The number of esters is 2. The number of ether oxygens (including phenoxy) is 4. The van der Waals surface area contributed by atoms with Crippen molar-refractivity contribution >= 4 is 17.7 Å². The highest BCUT2D eigenvalue weighted by Crippen LogP contribution is 2.82. The Bertz CT molecular complexity index is 946. The van der Waals surface area contributed by atoms with E-state index in [2.05, 4.69) is 13.8 Å². The smallest absolute Gasteiger partial charge is 0.309 e. The predicted octanol–water partition coefficient (Wildman–Crippen LogP) is 2.34. The first kappa shape index (κ1) is 19.0. The molecule has 4 saturated carbocycles. The molecule has 0 aromatic rings. The molecule has 0 aromatic carbocycles. The minimum absolute atomic E-state index is 0.000380. The van der Waals surface area contributed by atoms with Crippen molar-refractivity contribution in [2.45, 2.75) is 94.2 Å². The summed E-state index contributed by atoms with van der Waals surface area (Å²) in [6.07, 6.45) is 5.22. The zero-order chi connectivity index (χ0) is 21.6. The Morgan fingerprint density at radius 3 is 2.58 bits per heavy atom. The fourth-order valence-corrected chi connectivity index (χ4v) is 9.63. The molecule has 0 N–H and O–H groups in total. The number of methoxy groups -OCH3 is 1. The van der Waals surface area contributed by atoms with Gasteiger partial charge >= 0.3 is 11.9 Å². The quantitative estimate of drug-likeness (QED) is 0.465. The van der Waals surface area contributed by atoms with Gasteiger partial charge in [-0.2, -0.15) is 0 Å². The first-order valence-electron chi connectivity index (χ1n) is 11.9. The number of carbonyl (C=O) groups is 3. The number of carbonyl (C=O) groups excluding carboxylic acids is 3. The van der Waals surface area contributed by atoms with Gasteiger partial charge in [0.25, 0.3) is 0 Å². The Morgan fingerprint density at radius 1 is 1.06 bits per heavy atom. The average molecular weight is 430 g/mol. The Balaban J connectivity index is 1.37. The van der Waals surface area contributed by atoms with Gasteiger partial charge in [0.1, 0.15) is 22.9 Å². The maximum absolute atomic E-state index is 13.2. The van der Waals surface area contributed by atoms with Gasteiger partial charge in [0.05, 0.1) is 19.1 Å².